The summed E-state index contributed by atoms with van der Waals surface area (Å²) in [5.74, 6) is 0. The molecule has 1 aliphatic rings. The highest BCUT2D eigenvalue weighted by molar-refractivity contribution is 5.46. The van der Waals surface area contributed by atoms with Gasteiger partial charge in [-0.05, 0) is 37.4 Å². The summed E-state index contributed by atoms with van der Waals surface area (Å²) in [6.07, 6.45) is 6.76. The van der Waals surface area contributed by atoms with Crippen molar-refractivity contribution in [2.24, 2.45) is 0 Å². The zero-order valence-corrected chi connectivity index (χ0v) is 10.9. The van der Waals surface area contributed by atoms with Gasteiger partial charge >= 0.3 is 0 Å². The zero-order chi connectivity index (χ0) is 12.1. The Balaban J connectivity index is 2.04. The Hall–Kier alpha value is -1.02. The highest BCUT2D eigenvalue weighted by atomic mass is 15.2. The van der Waals surface area contributed by atoms with Crippen molar-refractivity contribution < 1.29 is 0 Å². The van der Waals surface area contributed by atoms with Crippen LogP contribution in [0.15, 0.2) is 24.3 Å². The Morgan fingerprint density at radius 2 is 1.94 bits per heavy atom. The fraction of sp³-hybridized carbons (Fsp3) is 0.600. The van der Waals surface area contributed by atoms with Crippen molar-refractivity contribution in [3.05, 3.63) is 29.8 Å². The molecule has 1 aromatic carbocycles. The highest BCUT2D eigenvalue weighted by Gasteiger charge is 2.22. The Kier molecular flexibility index (Phi) is 4.43. The first kappa shape index (κ1) is 12.4. The largest absolute Gasteiger partial charge is 0.398 e. The number of para-hydroxylation sites is 1. The van der Waals surface area contributed by atoms with Crippen molar-refractivity contribution in [3.63, 3.8) is 0 Å². The lowest BCUT2D eigenvalue weighted by atomic mass is 10.1. The number of benzene rings is 1. The fourth-order valence-electron chi connectivity index (χ4n) is 2.84. The third-order valence-corrected chi connectivity index (χ3v) is 3.78. The molecule has 1 aromatic rings. The van der Waals surface area contributed by atoms with Gasteiger partial charge in [-0.15, -0.1) is 0 Å². The molecular formula is C15H24N2. The number of nitrogens with zero attached hydrogens (tertiary/aromatic N) is 1. The van der Waals surface area contributed by atoms with Crippen LogP contribution in [0.2, 0.25) is 0 Å². The quantitative estimate of drug-likeness (QED) is 0.788. The minimum Gasteiger partial charge on any atom is -0.398 e. The van der Waals surface area contributed by atoms with E-state index in [1.165, 1.54) is 44.2 Å². The summed E-state index contributed by atoms with van der Waals surface area (Å²) in [5, 5.41) is 0. The molecule has 0 atom stereocenters. The molecule has 0 saturated heterocycles. The van der Waals surface area contributed by atoms with Gasteiger partial charge in [0.1, 0.15) is 0 Å². The molecule has 2 heteroatoms. The molecule has 0 aromatic heterocycles. The third kappa shape index (κ3) is 3.22. The van der Waals surface area contributed by atoms with E-state index >= 15 is 0 Å². The lowest BCUT2D eigenvalue weighted by Crippen LogP contribution is -2.33. The van der Waals surface area contributed by atoms with Gasteiger partial charge in [0.05, 0.1) is 0 Å². The lowest BCUT2D eigenvalue weighted by molar-refractivity contribution is 0.190. The minimum absolute atomic E-state index is 0.787. The summed E-state index contributed by atoms with van der Waals surface area (Å²) in [4.78, 5) is 2.62. The normalized spacial score (nSPS) is 16.8. The molecule has 0 radical (unpaired) electrons. The molecule has 17 heavy (non-hydrogen) atoms. The van der Waals surface area contributed by atoms with Crippen LogP contribution < -0.4 is 5.73 Å². The van der Waals surface area contributed by atoms with Crippen molar-refractivity contribution in [1.82, 2.24) is 4.90 Å². The maximum atomic E-state index is 6.04. The van der Waals surface area contributed by atoms with Gasteiger partial charge in [-0.2, -0.15) is 0 Å². The average molecular weight is 232 g/mol. The molecule has 0 bridgehead atoms. The van der Waals surface area contributed by atoms with Crippen LogP contribution in [-0.2, 0) is 6.54 Å². The number of nitrogen functional groups attached to an aromatic ring is 1. The molecule has 2 nitrogen and oxygen atoms in total. The molecule has 2 N–H and O–H groups in total. The fourth-order valence-corrected chi connectivity index (χ4v) is 2.84. The second-order valence-corrected chi connectivity index (χ2v) is 5.11. The SMILES string of the molecule is CCCN(Cc1ccccc1N)C1CCCC1. The molecule has 1 fully saturated rings. The predicted molar refractivity (Wildman–Crippen MR) is 73.8 cm³/mol. The Labute approximate surface area is 105 Å². The molecule has 0 heterocycles. The lowest BCUT2D eigenvalue weighted by Gasteiger charge is -2.28. The van der Waals surface area contributed by atoms with E-state index in [9.17, 15) is 0 Å². The monoisotopic (exact) mass is 232 g/mol. The van der Waals surface area contributed by atoms with Gasteiger partial charge < -0.3 is 5.73 Å². The van der Waals surface area contributed by atoms with Crippen molar-refractivity contribution >= 4 is 5.69 Å². The minimum atomic E-state index is 0.787. The molecule has 1 saturated carbocycles. The second-order valence-electron chi connectivity index (χ2n) is 5.11. The molecular weight excluding hydrogens is 208 g/mol. The van der Waals surface area contributed by atoms with Crippen LogP contribution in [0.3, 0.4) is 0 Å². The maximum absolute atomic E-state index is 6.04. The van der Waals surface area contributed by atoms with E-state index in [1.807, 2.05) is 12.1 Å². The number of hydrogen-bond donors (Lipinski definition) is 1. The van der Waals surface area contributed by atoms with E-state index in [2.05, 4.69) is 24.0 Å². The summed E-state index contributed by atoms with van der Waals surface area (Å²) in [6.45, 7) is 4.47. The van der Waals surface area contributed by atoms with Crippen LogP contribution in [0.5, 0.6) is 0 Å². The van der Waals surface area contributed by atoms with E-state index in [0.29, 0.717) is 0 Å². The zero-order valence-electron chi connectivity index (χ0n) is 10.9. The molecule has 0 amide bonds. The van der Waals surface area contributed by atoms with Gasteiger partial charge in [0.2, 0.25) is 0 Å². The Morgan fingerprint density at radius 1 is 1.24 bits per heavy atom. The van der Waals surface area contributed by atoms with Crippen LogP contribution in [-0.4, -0.2) is 17.5 Å². The molecule has 0 unspecified atom stereocenters. The number of nitrogens with two attached hydrogens (primary N) is 1. The first-order chi connectivity index (χ1) is 8.31. The van der Waals surface area contributed by atoms with Gasteiger partial charge in [0.15, 0.2) is 0 Å². The number of hydrogen-bond acceptors (Lipinski definition) is 2. The first-order valence-electron chi connectivity index (χ1n) is 6.88. The molecule has 94 valence electrons. The van der Waals surface area contributed by atoms with E-state index in [0.717, 1.165) is 18.3 Å². The summed E-state index contributed by atoms with van der Waals surface area (Å²) in [5.41, 5.74) is 8.26. The molecule has 0 aliphatic heterocycles. The van der Waals surface area contributed by atoms with Crippen molar-refractivity contribution in [2.75, 3.05) is 12.3 Å². The van der Waals surface area contributed by atoms with E-state index < -0.39 is 0 Å². The van der Waals surface area contributed by atoms with E-state index in [4.69, 9.17) is 5.73 Å². The predicted octanol–water partition coefficient (Wildman–Crippen LogP) is 3.42. The van der Waals surface area contributed by atoms with Crippen LogP contribution in [0.4, 0.5) is 5.69 Å². The molecule has 0 spiro atoms. The van der Waals surface area contributed by atoms with Crippen molar-refractivity contribution in [1.29, 1.82) is 0 Å². The van der Waals surface area contributed by atoms with Crippen LogP contribution in [0, 0.1) is 0 Å². The first-order valence-corrected chi connectivity index (χ1v) is 6.88. The van der Waals surface area contributed by atoms with Gasteiger partial charge in [-0.25, -0.2) is 0 Å². The topological polar surface area (TPSA) is 29.3 Å². The Morgan fingerprint density at radius 3 is 2.59 bits per heavy atom. The summed E-state index contributed by atoms with van der Waals surface area (Å²) < 4.78 is 0. The molecule has 1 aliphatic carbocycles. The third-order valence-electron chi connectivity index (χ3n) is 3.78. The van der Waals surface area contributed by atoms with Gasteiger partial charge in [0, 0.05) is 18.3 Å². The summed E-state index contributed by atoms with van der Waals surface area (Å²) >= 11 is 0. The van der Waals surface area contributed by atoms with Crippen molar-refractivity contribution in [3.8, 4) is 0 Å². The van der Waals surface area contributed by atoms with Gasteiger partial charge in [0.25, 0.3) is 0 Å². The Bertz CT molecular complexity index is 343. The summed E-state index contributed by atoms with van der Waals surface area (Å²) in [6, 6.07) is 9.05. The van der Waals surface area contributed by atoms with Crippen LogP contribution in [0.1, 0.15) is 44.6 Å². The summed E-state index contributed by atoms with van der Waals surface area (Å²) in [7, 11) is 0. The number of anilines is 1. The van der Waals surface area contributed by atoms with E-state index in [-0.39, 0.29) is 0 Å². The van der Waals surface area contributed by atoms with Crippen LogP contribution >= 0.6 is 0 Å². The smallest absolute Gasteiger partial charge is 0.0359 e. The van der Waals surface area contributed by atoms with E-state index in [1.54, 1.807) is 0 Å². The van der Waals surface area contributed by atoms with Crippen LogP contribution in [0.25, 0.3) is 0 Å². The van der Waals surface area contributed by atoms with Crippen molar-refractivity contribution in [2.45, 2.75) is 51.6 Å². The average Bonchev–Trinajstić information content (AvgIpc) is 2.85. The standard InChI is InChI=1S/C15H24N2/c1-2-11-17(14-8-4-5-9-14)12-13-7-3-6-10-15(13)16/h3,6-7,10,14H,2,4-5,8-9,11-12,16H2,1H3. The molecule has 2 rings (SSSR count). The van der Waals surface area contributed by atoms with Gasteiger partial charge in [-0.3, -0.25) is 4.90 Å². The maximum Gasteiger partial charge on any atom is 0.0359 e. The van der Waals surface area contributed by atoms with Gasteiger partial charge in [-0.1, -0.05) is 38.0 Å². The highest BCUT2D eigenvalue weighted by Crippen LogP contribution is 2.26. The number of rotatable bonds is 5. The second kappa shape index (κ2) is 6.06.